The molecule has 0 atom stereocenters. The molecule has 0 amide bonds. The van der Waals surface area contributed by atoms with E-state index in [1.165, 1.54) is 12.1 Å². The number of aromatic hydroxyl groups is 3. The maximum atomic E-state index is 12.9. The number of para-hydroxylation sites is 2. The molecule has 0 radical (unpaired) electrons. The second-order valence-electron chi connectivity index (χ2n) is 6.99. The summed E-state index contributed by atoms with van der Waals surface area (Å²) in [5, 5.41) is 33.8. The maximum Gasteiger partial charge on any atom is 0.265 e. The molecule has 146 valence electrons. The van der Waals surface area contributed by atoms with E-state index in [0.29, 0.717) is 10.9 Å². The number of phenolic OH excluding ortho intramolecular Hbond substituents is 2. The van der Waals surface area contributed by atoms with Crippen LogP contribution in [0.3, 0.4) is 0 Å². The third-order valence-electron chi connectivity index (χ3n) is 5.23. The Kier molecular flexibility index (Phi) is 3.93. The summed E-state index contributed by atoms with van der Waals surface area (Å²) in [5.74, 6) is -0.646. The Morgan fingerprint density at radius 2 is 1.43 bits per heavy atom. The molecular formula is C24H17N2O4+. The van der Waals surface area contributed by atoms with Gasteiger partial charge >= 0.3 is 0 Å². The average Bonchev–Trinajstić information content (AvgIpc) is 2.76. The van der Waals surface area contributed by atoms with Crippen LogP contribution in [-0.4, -0.2) is 20.3 Å². The van der Waals surface area contributed by atoms with Crippen LogP contribution in [-0.2, 0) is 0 Å². The first kappa shape index (κ1) is 17.8. The summed E-state index contributed by atoms with van der Waals surface area (Å²) in [5.41, 5.74) is 0.789. The minimum atomic E-state index is -0.575. The van der Waals surface area contributed by atoms with Gasteiger partial charge < -0.3 is 20.3 Å². The number of pyridine rings is 2. The van der Waals surface area contributed by atoms with Gasteiger partial charge in [-0.05, 0) is 36.4 Å². The Labute approximate surface area is 170 Å². The molecule has 4 N–H and O–H groups in total. The molecule has 0 bridgehead atoms. The standard InChI is InChI=1S/C24H16N2O4/c27-18-11-12-19(28)22(26-13-5-7-14-6-1-4-10-17(14)26)20(18)21-23(29)15-8-2-3-9-16(15)25-24(21)30/h1-13H,(H3-,25,27,28,29,30)/p+1. The fourth-order valence-corrected chi connectivity index (χ4v) is 3.87. The second kappa shape index (κ2) is 6.63. The maximum absolute atomic E-state index is 12.9. The smallest absolute Gasteiger partial charge is 0.265 e. The van der Waals surface area contributed by atoms with Gasteiger partial charge in [-0.25, -0.2) is 0 Å². The molecule has 6 heteroatoms. The lowest BCUT2D eigenvalue weighted by molar-refractivity contribution is -0.567. The molecule has 30 heavy (non-hydrogen) atoms. The van der Waals surface area contributed by atoms with Crippen LogP contribution in [0, 0.1) is 0 Å². The molecule has 2 aromatic heterocycles. The van der Waals surface area contributed by atoms with Crippen LogP contribution in [0.2, 0.25) is 0 Å². The molecule has 0 unspecified atom stereocenters. The minimum absolute atomic E-state index is 0.0425. The van der Waals surface area contributed by atoms with Gasteiger partial charge in [0, 0.05) is 22.9 Å². The number of hydrogen-bond donors (Lipinski definition) is 4. The molecule has 0 fully saturated rings. The third-order valence-corrected chi connectivity index (χ3v) is 5.23. The number of benzene rings is 3. The Bertz CT molecular complexity index is 1500. The van der Waals surface area contributed by atoms with Gasteiger partial charge in [0.2, 0.25) is 5.52 Å². The van der Waals surface area contributed by atoms with Crippen molar-refractivity contribution in [2.24, 2.45) is 0 Å². The lowest BCUT2D eigenvalue weighted by Crippen LogP contribution is -2.32. The van der Waals surface area contributed by atoms with E-state index < -0.39 is 5.56 Å². The highest BCUT2D eigenvalue weighted by Gasteiger charge is 2.29. The Morgan fingerprint density at radius 1 is 0.733 bits per heavy atom. The van der Waals surface area contributed by atoms with Crippen molar-refractivity contribution in [3.8, 4) is 34.1 Å². The first-order chi connectivity index (χ1) is 14.6. The fourth-order valence-electron chi connectivity index (χ4n) is 3.87. The molecule has 0 aliphatic rings. The molecule has 0 saturated heterocycles. The predicted octanol–water partition coefficient (Wildman–Crippen LogP) is 3.74. The van der Waals surface area contributed by atoms with E-state index >= 15 is 0 Å². The molecule has 0 aliphatic carbocycles. The lowest BCUT2D eigenvalue weighted by atomic mass is 9.99. The van der Waals surface area contributed by atoms with Crippen LogP contribution < -0.4 is 10.1 Å². The van der Waals surface area contributed by atoms with Crippen molar-refractivity contribution in [1.82, 2.24) is 4.98 Å². The van der Waals surface area contributed by atoms with Crippen molar-refractivity contribution < 1.29 is 19.9 Å². The van der Waals surface area contributed by atoms with Gasteiger partial charge in [0.25, 0.3) is 11.2 Å². The van der Waals surface area contributed by atoms with Crippen molar-refractivity contribution in [3.63, 3.8) is 0 Å². The highest BCUT2D eigenvalue weighted by atomic mass is 16.3. The van der Waals surface area contributed by atoms with Gasteiger partial charge in [-0.1, -0.05) is 24.3 Å². The first-order valence-corrected chi connectivity index (χ1v) is 9.35. The largest absolute Gasteiger partial charge is 0.507 e. The van der Waals surface area contributed by atoms with Crippen molar-refractivity contribution in [1.29, 1.82) is 0 Å². The van der Waals surface area contributed by atoms with E-state index in [9.17, 15) is 20.1 Å². The number of phenols is 2. The Hall–Kier alpha value is -4.32. The molecule has 0 saturated carbocycles. The van der Waals surface area contributed by atoms with E-state index in [1.54, 1.807) is 41.1 Å². The summed E-state index contributed by atoms with van der Waals surface area (Å²) in [6, 6.07) is 20.8. The highest BCUT2D eigenvalue weighted by molar-refractivity contribution is 5.95. The fraction of sp³-hybridized carbons (Fsp3) is 0. The van der Waals surface area contributed by atoms with E-state index in [-0.39, 0.29) is 34.1 Å². The van der Waals surface area contributed by atoms with Crippen LogP contribution in [0.4, 0.5) is 0 Å². The van der Waals surface area contributed by atoms with E-state index in [4.69, 9.17) is 0 Å². The van der Waals surface area contributed by atoms with E-state index in [0.717, 1.165) is 10.9 Å². The Morgan fingerprint density at radius 3 is 2.30 bits per heavy atom. The van der Waals surface area contributed by atoms with E-state index in [2.05, 4.69) is 4.98 Å². The lowest BCUT2D eigenvalue weighted by Gasteiger charge is -2.12. The predicted molar refractivity (Wildman–Crippen MR) is 114 cm³/mol. The van der Waals surface area contributed by atoms with Crippen LogP contribution in [0.1, 0.15) is 0 Å². The number of nitrogens with zero attached hydrogens (tertiary/aromatic N) is 1. The number of fused-ring (bicyclic) bond motifs is 2. The summed E-state index contributed by atoms with van der Waals surface area (Å²) in [6.07, 6.45) is 1.73. The normalized spacial score (nSPS) is 11.2. The topological polar surface area (TPSA) is 97.4 Å². The van der Waals surface area contributed by atoms with Crippen molar-refractivity contribution >= 4 is 21.8 Å². The number of nitrogens with one attached hydrogen (secondary N) is 1. The van der Waals surface area contributed by atoms with Crippen LogP contribution in [0.25, 0.3) is 38.6 Å². The zero-order chi connectivity index (χ0) is 20.8. The summed E-state index contributed by atoms with van der Waals surface area (Å²) in [4.78, 5) is 15.7. The summed E-state index contributed by atoms with van der Waals surface area (Å²) in [6.45, 7) is 0. The zero-order valence-electron chi connectivity index (χ0n) is 15.7. The summed E-state index contributed by atoms with van der Waals surface area (Å²) < 4.78 is 1.69. The zero-order valence-corrected chi connectivity index (χ0v) is 15.7. The van der Waals surface area contributed by atoms with Gasteiger partial charge in [-0.3, -0.25) is 4.79 Å². The third kappa shape index (κ3) is 2.58. The van der Waals surface area contributed by atoms with Crippen LogP contribution in [0.15, 0.2) is 83.8 Å². The first-order valence-electron chi connectivity index (χ1n) is 9.35. The number of aromatic nitrogens is 2. The molecule has 0 aliphatic heterocycles. The van der Waals surface area contributed by atoms with Crippen molar-refractivity contribution in [2.45, 2.75) is 0 Å². The quantitative estimate of drug-likeness (QED) is 0.269. The molecule has 3 aromatic carbocycles. The number of rotatable bonds is 2. The van der Waals surface area contributed by atoms with Gasteiger partial charge in [-0.2, -0.15) is 4.57 Å². The highest BCUT2D eigenvalue weighted by Crippen LogP contribution is 2.42. The van der Waals surface area contributed by atoms with Gasteiger partial charge in [-0.15, -0.1) is 0 Å². The summed E-state index contributed by atoms with van der Waals surface area (Å²) >= 11 is 0. The Balaban J connectivity index is 1.94. The van der Waals surface area contributed by atoms with Crippen LogP contribution in [0.5, 0.6) is 17.2 Å². The number of hydrogen-bond acceptors (Lipinski definition) is 4. The monoisotopic (exact) mass is 397 g/mol. The molecule has 5 rings (SSSR count). The van der Waals surface area contributed by atoms with Gasteiger partial charge in [0.15, 0.2) is 11.9 Å². The second-order valence-corrected chi connectivity index (χ2v) is 6.99. The van der Waals surface area contributed by atoms with Gasteiger partial charge in [0.05, 0.1) is 11.1 Å². The summed E-state index contributed by atoms with van der Waals surface area (Å²) in [7, 11) is 0. The van der Waals surface area contributed by atoms with Crippen molar-refractivity contribution in [2.75, 3.05) is 0 Å². The van der Waals surface area contributed by atoms with Crippen molar-refractivity contribution in [3.05, 3.63) is 89.3 Å². The molecule has 2 heterocycles. The van der Waals surface area contributed by atoms with Gasteiger partial charge in [0.1, 0.15) is 17.1 Å². The molecular weight excluding hydrogens is 380 g/mol. The molecule has 0 spiro atoms. The molecule has 6 nitrogen and oxygen atoms in total. The SMILES string of the molecule is O=c1[nH]c2ccccc2c(O)c1-c1c(O)ccc(O)c1-[n+]1cccc2ccccc21. The number of H-pyrrole nitrogens is 1. The average molecular weight is 397 g/mol. The van der Waals surface area contributed by atoms with E-state index in [1.807, 2.05) is 30.3 Å². The molecule has 5 aromatic rings. The van der Waals surface area contributed by atoms with Crippen LogP contribution >= 0.6 is 0 Å². The minimum Gasteiger partial charge on any atom is -0.507 e. The number of aromatic amines is 1.